The number of methoxy groups -OCH3 is 1. The third kappa shape index (κ3) is 10.4. The smallest absolute Gasteiger partial charge is 0.410 e. The molecule has 0 radical (unpaired) electrons. The van der Waals surface area contributed by atoms with Crippen LogP contribution in [0.3, 0.4) is 0 Å². The number of hydrogen-bond donors (Lipinski definition) is 2. The summed E-state index contributed by atoms with van der Waals surface area (Å²) in [7, 11) is 1.29. The van der Waals surface area contributed by atoms with Crippen molar-refractivity contribution >= 4 is 23.8 Å². The van der Waals surface area contributed by atoms with Crippen molar-refractivity contribution in [3.63, 3.8) is 0 Å². The Hall–Kier alpha value is -6.42. The topological polar surface area (TPSA) is 179 Å². The third-order valence-electron chi connectivity index (χ3n) is 12.5. The number of nitrogens with zero attached hydrogens (tertiary/aromatic N) is 3. The lowest BCUT2D eigenvalue weighted by molar-refractivity contribution is -0.384. The monoisotopic (exact) mass is 891 g/mol. The Labute approximate surface area is 377 Å². The number of oxime groups is 1. The summed E-state index contributed by atoms with van der Waals surface area (Å²) in [5.74, 6) is -1.74. The van der Waals surface area contributed by atoms with Crippen molar-refractivity contribution in [3.8, 4) is 17.2 Å². The first-order valence-electron chi connectivity index (χ1n) is 21.9. The minimum Gasteiger partial charge on any atom is -0.459 e. The van der Waals surface area contributed by atoms with Crippen LogP contribution in [0, 0.1) is 33.7 Å². The van der Waals surface area contributed by atoms with E-state index in [0.29, 0.717) is 65.3 Å². The molecular formula is C50H54FN3O11. The Kier molecular flexibility index (Phi) is 15.4. The average molecular weight is 892 g/mol. The number of aliphatic hydroxyl groups excluding tert-OH is 2. The van der Waals surface area contributed by atoms with Crippen molar-refractivity contribution in [1.29, 1.82) is 0 Å². The zero-order chi connectivity index (χ0) is 45.9. The Morgan fingerprint density at radius 3 is 2.40 bits per heavy atom. The standard InChI is InChI=1S/C50H54FN3O11/c1-3-25-62-50-46(53(49(58)61-2)30-33-13-17-37(51)18-14-33)29-44(52-63-32-34-15-19-38(20-16-34)54(59)60)42-27-36(10-4-6-23-55)41(12-5-7-24-56)47(48(42)50)43-28-40(21-22-45(43)65-50)64-39-11-8-9-35(26-39)31-57/h3,8-9,11,13-22,26-28,31,36,41,46-48,55-56H,1,4-7,10,12,23-25,29-30,32H2,2H3. The molecule has 1 saturated carbocycles. The van der Waals surface area contributed by atoms with Gasteiger partial charge in [-0.3, -0.25) is 19.8 Å². The maximum atomic E-state index is 14.2. The van der Waals surface area contributed by atoms with Crippen LogP contribution in [-0.2, 0) is 27.5 Å². The van der Waals surface area contributed by atoms with Crippen LogP contribution >= 0.6 is 0 Å². The lowest BCUT2D eigenvalue weighted by Gasteiger charge is -2.59. The quantitative estimate of drug-likeness (QED) is 0.0268. The van der Waals surface area contributed by atoms with Gasteiger partial charge in [-0.05, 0) is 109 Å². The van der Waals surface area contributed by atoms with Gasteiger partial charge < -0.3 is 34.0 Å². The second-order valence-electron chi connectivity index (χ2n) is 16.5. The highest BCUT2D eigenvalue weighted by atomic mass is 19.1. The minimum atomic E-state index is -1.60. The largest absolute Gasteiger partial charge is 0.459 e. The number of nitro groups is 1. The number of benzene rings is 4. The highest BCUT2D eigenvalue weighted by molar-refractivity contribution is 6.03. The van der Waals surface area contributed by atoms with Crippen LogP contribution in [0.5, 0.6) is 17.2 Å². The number of unbranched alkanes of at least 4 members (excludes halogenated alkanes) is 2. The summed E-state index contributed by atoms with van der Waals surface area (Å²) in [6, 6.07) is 23.3. The molecule has 1 amide bonds. The number of non-ortho nitro benzene ring substituents is 1. The van der Waals surface area contributed by atoms with E-state index >= 15 is 0 Å². The number of ether oxygens (including phenoxy) is 4. The average Bonchev–Trinajstić information content (AvgIpc) is 3.32. The van der Waals surface area contributed by atoms with Crippen LogP contribution < -0.4 is 9.47 Å². The predicted octanol–water partition coefficient (Wildman–Crippen LogP) is 9.44. The maximum absolute atomic E-state index is 14.2. The van der Waals surface area contributed by atoms with Gasteiger partial charge >= 0.3 is 6.09 Å². The molecule has 0 saturated heterocycles. The molecule has 4 aromatic rings. The van der Waals surface area contributed by atoms with Crippen LogP contribution in [0.4, 0.5) is 14.9 Å². The molecule has 4 aromatic carbocycles. The normalized spacial score (nSPS) is 22.4. The van der Waals surface area contributed by atoms with Gasteiger partial charge in [0.2, 0.25) is 5.79 Å². The molecule has 1 fully saturated rings. The first kappa shape index (κ1) is 46.6. The number of halogens is 1. The molecule has 65 heavy (non-hydrogen) atoms. The van der Waals surface area contributed by atoms with Crippen LogP contribution in [0.25, 0.3) is 0 Å². The Morgan fingerprint density at radius 2 is 1.71 bits per heavy atom. The summed E-state index contributed by atoms with van der Waals surface area (Å²) in [6.45, 7) is 4.02. The number of amides is 1. The molecule has 14 nitrogen and oxygen atoms in total. The fraction of sp³-hybridized carbons (Fsp3) is 0.380. The van der Waals surface area contributed by atoms with Crippen LogP contribution in [0.2, 0.25) is 0 Å². The van der Waals surface area contributed by atoms with E-state index in [1.807, 2.05) is 12.1 Å². The second kappa shape index (κ2) is 21.5. The molecule has 6 atom stereocenters. The Morgan fingerprint density at radius 1 is 0.985 bits per heavy atom. The molecule has 1 aliphatic heterocycles. The molecule has 2 N–H and O–H groups in total. The number of rotatable bonds is 21. The Balaban J connectivity index is 1.44. The molecule has 7 rings (SSSR count). The molecule has 342 valence electrons. The van der Waals surface area contributed by atoms with Gasteiger partial charge in [-0.15, -0.1) is 6.58 Å². The summed E-state index contributed by atoms with van der Waals surface area (Å²) in [5.41, 5.74) is 3.78. The summed E-state index contributed by atoms with van der Waals surface area (Å²) < 4.78 is 40.4. The van der Waals surface area contributed by atoms with E-state index in [4.69, 9.17) is 28.9 Å². The zero-order valence-electron chi connectivity index (χ0n) is 36.3. The number of fused-ring (bicyclic) bond motifs is 2. The van der Waals surface area contributed by atoms with E-state index < -0.39 is 34.6 Å². The molecule has 3 aliphatic rings. The summed E-state index contributed by atoms with van der Waals surface area (Å²) >= 11 is 0. The van der Waals surface area contributed by atoms with Crippen molar-refractivity contribution in [3.05, 3.63) is 153 Å². The number of allylic oxidation sites excluding steroid dienone is 1. The van der Waals surface area contributed by atoms with Crippen LogP contribution in [0.1, 0.15) is 77.9 Å². The highest BCUT2D eigenvalue weighted by Crippen LogP contribution is 2.62. The summed E-state index contributed by atoms with van der Waals surface area (Å²) in [6.07, 6.45) is 7.98. The number of nitro benzene ring substituents is 1. The van der Waals surface area contributed by atoms with Crippen molar-refractivity contribution in [2.24, 2.45) is 22.9 Å². The lowest BCUT2D eigenvalue weighted by atomic mass is 9.55. The molecule has 0 bridgehead atoms. The Bertz CT molecular complexity index is 2370. The van der Waals surface area contributed by atoms with Crippen molar-refractivity contribution < 1.29 is 52.9 Å². The van der Waals surface area contributed by atoms with Gasteiger partial charge in [0, 0.05) is 55.4 Å². The first-order chi connectivity index (χ1) is 31.6. The number of hydrogen-bond acceptors (Lipinski definition) is 12. The van der Waals surface area contributed by atoms with Gasteiger partial charge in [0.25, 0.3) is 5.69 Å². The van der Waals surface area contributed by atoms with E-state index in [0.717, 1.165) is 30.3 Å². The number of aldehydes is 1. The second-order valence-corrected chi connectivity index (χ2v) is 16.5. The van der Waals surface area contributed by atoms with E-state index in [1.165, 1.54) is 36.3 Å². The van der Waals surface area contributed by atoms with Gasteiger partial charge in [-0.2, -0.15) is 0 Å². The SMILES string of the molecule is C=CCOC12Oc3ccc(Oc4cccc(C=O)c4)cc3C3C(CCCCO)C(CCCCO)C=C(C(=NOCc4ccc([N+](=O)[O-])cc4)CC1N(Cc1ccc(F)cc1)C(=O)OC)C32. The lowest BCUT2D eigenvalue weighted by Crippen LogP contribution is -2.70. The van der Waals surface area contributed by atoms with Crippen molar-refractivity contribution in [1.82, 2.24) is 4.90 Å². The molecule has 6 unspecified atom stereocenters. The molecule has 0 aromatic heterocycles. The summed E-state index contributed by atoms with van der Waals surface area (Å²) in [5, 5.41) is 36.0. The van der Waals surface area contributed by atoms with E-state index in [9.17, 15) is 34.3 Å². The number of carbonyl (C=O) groups is 2. The predicted molar refractivity (Wildman–Crippen MR) is 239 cm³/mol. The van der Waals surface area contributed by atoms with Gasteiger partial charge in [0.05, 0.1) is 30.3 Å². The van der Waals surface area contributed by atoms with Gasteiger partial charge in [-0.25, -0.2) is 9.18 Å². The minimum absolute atomic E-state index is 0.0169. The number of aliphatic hydroxyl groups is 2. The zero-order valence-corrected chi connectivity index (χ0v) is 36.3. The van der Waals surface area contributed by atoms with Crippen LogP contribution in [-0.4, -0.2) is 76.9 Å². The van der Waals surface area contributed by atoms with Gasteiger partial charge in [-0.1, -0.05) is 54.4 Å². The van der Waals surface area contributed by atoms with Gasteiger partial charge in [0.15, 0.2) is 0 Å². The van der Waals surface area contributed by atoms with Gasteiger partial charge in [0.1, 0.15) is 42.0 Å². The summed E-state index contributed by atoms with van der Waals surface area (Å²) in [4.78, 5) is 44.4. The fourth-order valence-electron chi connectivity index (χ4n) is 9.60. The molecular weight excluding hydrogens is 838 g/mol. The molecule has 0 spiro atoms. The number of carbonyl (C=O) groups excluding carboxylic acids is 2. The molecule has 2 aliphatic carbocycles. The maximum Gasteiger partial charge on any atom is 0.410 e. The fourth-order valence-corrected chi connectivity index (χ4v) is 9.60. The molecule has 15 heteroatoms. The van der Waals surface area contributed by atoms with E-state index in [2.05, 4.69) is 12.7 Å². The van der Waals surface area contributed by atoms with E-state index in [1.54, 1.807) is 60.7 Å². The molecule has 1 heterocycles. The van der Waals surface area contributed by atoms with Crippen molar-refractivity contribution in [2.75, 3.05) is 26.9 Å². The van der Waals surface area contributed by atoms with E-state index in [-0.39, 0.29) is 62.8 Å². The third-order valence-corrected chi connectivity index (χ3v) is 12.5. The van der Waals surface area contributed by atoms with Crippen molar-refractivity contribution in [2.45, 2.75) is 75.8 Å². The van der Waals surface area contributed by atoms with Crippen LogP contribution in [0.15, 0.2) is 120 Å². The highest BCUT2D eigenvalue weighted by Gasteiger charge is 2.65. The first-order valence-corrected chi connectivity index (χ1v) is 21.9.